The summed E-state index contributed by atoms with van der Waals surface area (Å²) in [4.78, 5) is 3.21. The van der Waals surface area contributed by atoms with E-state index in [2.05, 4.69) is 11.8 Å². The second-order valence-electron chi connectivity index (χ2n) is 4.26. The molecule has 1 aliphatic rings. The minimum Gasteiger partial charge on any atom is -0.393 e. The minimum absolute atomic E-state index is 0.661. The molecule has 2 nitrogen and oxygen atoms in total. The lowest BCUT2D eigenvalue weighted by atomic mass is 9.94. The molecule has 0 radical (unpaired) electrons. The molecule has 0 aliphatic carbocycles. The SMILES string of the molecule is CCC1CCN(CCCC(N)=S)CC1. The molecule has 0 aromatic heterocycles. The lowest BCUT2D eigenvalue weighted by Gasteiger charge is -2.31. The van der Waals surface area contributed by atoms with Crippen LogP contribution in [0, 0.1) is 5.92 Å². The van der Waals surface area contributed by atoms with E-state index < -0.39 is 0 Å². The number of nitrogens with zero attached hydrogens (tertiary/aromatic N) is 1. The van der Waals surface area contributed by atoms with E-state index in [0.29, 0.717) is 4.99 Å². The maximum Gasteiger partial charge on any atom is 0.0727 e. The fraction of sp³-hybridized carbons (Fsp3) is 0.909. The molecule has 3 heteroatoms. The van der Waals surface area contributed by atoms with Crippen LogP contribution in [0.25, 0.3) is 0 Å². The predicted octanol–water partition coefficient (Wildman–Crippen LogP) is 2.17. The highest BCUT2D eigenvalue weighted by Gasteiger charge is 2.16. The number of hydrogen-bond donors (Lipinski definition) is 1. The maximum absolute atomic E-state index is 5.46. The number of piperidine rings is 1. The molecule has 1 aliphatic heterocycles. The summed E-state index contributed by atoms with van der Waals surface area (Å²) in [6, 6.07) is 0. The lowest BCUT2D eigenvalue weighted by Crippen LogP contribution is -2.34. The van der Waals surface area contributed by atoms with Crippen molar-refractivity contribution in [3.63, 3.8) is 0 Å². The van der Waals surface area contributed by atoms with Gasteiger partial charge >= 0.3 is 0 Å². The van der Waals surface area contributed by atoms with Crippen molar-refractivity contribution < 1.29 is 0 Å². The van der Waals surface area contributed by atoms with Crippen molar-refractivity contribution in [2.24, 2.45) is 11.7 Å². The monoisotopic (exact) mass is 214 g/mol. The van der Waals surface area contributed by atoms with Gasteiger partial charge in [0.1, 0.15) is 0 Å². The van der Waals surface area contributed by atoms with Crippen LogP contribution in [0.2, 0.25) is 0 Å². The van der Waals surface area contributed by atoms with E-state index in [9.17, 15) is 0 Å². The third kappa shape index (κ3) is 4.38. The molecule has 0 unspecified atom stereocenters. The van der Waals surface area contributed by atoms with Crippen LogP contribution in [0.3, 0.4) is 0 Å². The highest BCUT2D eigenvalue weighted by atomic mass is 32.1. The number of nitrogens with two attached hydrogens (primary N) is 1. The van der Waals surface area contributed by atoms with Gasteiger partial charge in [0.25, 0.3) is 0 Å². The van der Waals surface area contributed by atoms with E-state index in [-0.39, 0.29) is 0 Å². The van der Waals surface area contributed by atoms with Gasteiger partial charge in [-0.05, 0) is 51.2 Å². The van der Waals surface area contributed by atoms with Crippen molar-refractivity contribution in [1.82, 2.24) is 4.90 Å². The summed E-state index contributed by atoms with van der Waals surface area (Å²) in [6.45, 7) is 6.02. The summed E-state index contributed by atoms with van der Waals surface area (Å²) < 4.78 is 0. The predicted molar refractivity (Wildman–Crippen MR) is 65.5 cm³/mol. The molecule has 0 spiro atoms. The van der Waals surface area contributed by atoms with E-state index in [1.165, 1.54) is 38.9 Å². The van der Waals surface area contributed by atoms with E-state index in [1.54, 1.807) is 0 Å². The van der Waals surface area contributed by atoms with Crippen molar-refractivity contribution in [2.45, 2.75) is 39.0 Å². The highest BCUT2D eigenvalue weighted by Crippen LogP contribution is 2.19. The van der Waals surface area contributed by atoms with Crippen LogP contribution in [-0.2, 0) is 0 Å². The first-order chi connectivity index (χ1) is 6.72. The Kier molecular flexibility index (Phi) is 5.41. The van der Waals surface area contributed by atoms with Gasteiger partial charge in [-0.15, -0.1) is 0 Å². The van der Waals surface area contributed by atoms with Gasteiger partial charge in [-0.3, -0.25) is 0 Å². The fourth-order valence-corrected chi connectivity index (χ4v) is 2.24. The van der Waals surface area contributed by atoms with Crippen LogP contribution in [0.5, 0.6) is 0 Å². The molecule has 82 valence electrons. The van der Waals surface area contributed by atoms with Crippen molar-refractivity contribution >= 4 is 17.2 Å². The van der Waals surface area contributed by atoms with Crippen LogP contribution < -0.4 is 5.73 Å². The van der Waals surface area contributed by atoms with Crippen LogP contribution in [0.4, 0.5) is 0 Å². The molecule has 0 amide bonds. The molecule has 1 saturated heterocycles. The Morgan fingerprint density at radius 2 is 2.07 bits per heavy atom. The molecule has 0 aromatic rings. The number of thiocarbonyl (C=S) groups is 1. The summed E-state index contributed by atoms with van der Waals surface area (Å²) in [5.74, 6) is 0.974. The molecule has 14 heavy (non-hydrogen) atoms. The van der Waals surface area contributed by atoms with E-state index >= 15 is 0 Å². The Morgan fingerprint density at radius 3 is 2.57 bits per heavy atom. The Balaban J connectivity index is 2.07. The van der Waals surface area contributed by atoms with Gasteiger partial charge < -0.3 is 10.6 Å². The molecule has 0 aromatic carbocycles. The standard InChI is InChI=1S/C11H22N2S/c1-2-10-5-8-13(9-6-10)7-3-4-11(12)14/h10H,2-9H2,1H3,(H2,12,14). The van der Waals surface area contributed by atoms with Crippen molar-refractivity contribution in [3.05, 3.63) is 0 Å². The molecule has 1 fully saturated rings. The molecular weight excluding hydrogens is 192 g/mol. The third-order valence-corrected chi connectivity index (χ3v) is 3.39. The molecule has 0 saturated carbocycles. The van der Waals surface area contributed by atoms with Gasteiger partial charge in [0, 0.05) is 0 Å². The molecule has 2 N–H and O–H groups in total. The van der Waals surface area contributed by atoms with Crippen LogP contribution in [0.1, 0.15) is 39.0 Å². The zero-order chi connectivity index (χ0) is 10.4. The van der Waals surface area contributed by atoms with Crippen LogP contribution in [-0.4, -0.2) is 29.5 Å². The first-order valence-electron chi connectivity index (χ1n) is 5.73. The average molecular weight is 214 g/mol. The largest absolute Gasteiger partial charge is 0.393 e. The van der Waals surface area contributed by atoms with E-state index in [0.717, 1.165) is 18.8 Å². The first kappa shape index (κ1) is 11.9. The fourth-order valence-electron chi connectivity index (χ4n) is 2.10. The second kappa shape index (κ2) is 6.36. The van der Waals surface area contributed by atoms with Crippen LogP contribution in [0.15, 0.2) is 0 Å². The molecule has 1 rings (SSSR count). The number of likely N-dealkylation sites (tertiary alicyclic amines) is 1. The third-order valence-electron chi connectivity index (χ3n) is 3.18. The van der Waals surface area contributed by atoms with Crippen molar-refractivity contribution in [1.29, 1.82) is 0 Å². The second-order valence-corrected chi connectivity index (χ2v) is 4.79. The minimum atomic E-state index is 0.661. The van der Waals surface area contributed by atoms with Gasteiger partial charge in [0.2, 0.25) is 0 Å². The van der Waals surface area contributed by atoms with Gasteiger partial charge in [0.05, 0.1) is 4.99 Å². The van der Waals surface area contributed by atoms with Crippen molar-refractivity contribution in [2.75, 3.05) is 19.6 Å². The van der Waals surface area contributed by atoms with Crippen LogP contribution >= 0.6 is 12.2 Å². The molecule has 0 atom stereocenters. The summed E-state index contributed by atoms with van der Waals surface area (Å²) in [6.07, 6.45) is 6.14. The van der Waals surface area contributed by atoms with Gasteiger partial charge in [-0.25, -0.2) is 0 Å². The molecule has 1 heterocycles. The smallest absolute Gasteiger partial charge is 0.0727 e. The van der Waals surface area contributed by atoms with Gasteiger partial charge in [-0.1, -0.05) is 25.6 Å². The number of rotatable bonds is 5. The summed E-state index contributed by atoms with van der Waals surface area (Å²) in [7, 11) is 0. The summed E-state index contributed by atoms with van der Waals surface area (Å²) in [5.41, 5.74) is 5.46. The van der Waals surface area contributed by atoms with Gasteiger partial charge in [-0.2, -0.15) is 0 Å². The topological polar surface area (TPSA) is 29.3 Å². The summed E-state index contributed by atoms with van der Waals surface area (Å²) in [5, 5.41) is 0. The zero-order valence-corrected chi connectivity index (χ0v) is 9.98. The Morgan fingerprint density at radius 1 is 1.43 bits per heavy atom. The molecular formula is C11H22N2S. The quantitative estimate of drug-likeness (QED) is 0.711. The van der Waals surface area contributed by atoms with E-state index in [4.69, 9.17) is 18.0 Å². The number of hydrogen-bond acceptors (Lipinski definition) is 2. The van der Waals surface area contributed by atoms with E-state index in [1.807, 2.05) is 0 Å². The maximum atomic E-state index is 5.46. The highest BCUT2D eigenvalue weighted by molar-refractivity contribution is 7.80. The average Bonchev–Trinajstić information content (AvgIpc) is 2.18. The Labute approximate surface area is 92.8 Å². The van der Waals surface area contributed by atoms with Crippen molar-refractivity contribution in [3.8, 4) is 0 Å². The lowest BCUT2D eigenvalue weighted by molar-refractivity contribution is 0.181. The Bertz CT molecular complexity index is 174. The summed E-state index contributed by atoms with van der Waals surface area (Å²) >= 11 is 4.86. The normalized spacial score (nSPS) is 19.8. The molecule has 0 bridgehead atoms. The first-order valence-corrected chi connectivity index (χ1v) is 6.14. The Hall–Kier alpha value is -0.150. The zero-order valence-electron chi connectivity index (χ0n) is 9.17. The van der Waals surface area contributed by atoms with Gasteiger partial charge in [0.15, 0.2) is 0 Å².